The van der Waals surface area contributed by atoms with Crippen LogP contribution in [0.25, 0.3) is 22.0 Å². The molecular formula is C36H32ClF6N7O2. The van der Waals surface area contributed by atoms with Crippen LogP contribution in [0.15, 0.2) is 42.5 Å². The molecule has 272 valence electrons. The second-order valence-electron chi connectivity index (χ2n) is 13.3. The number of aliphatic hydroxyl groups is 1. The van der Waals surface area contributed by atoms with Gasteiger partial charge in [0.1, 0.15) is 40.9 Å². The molecule has 0 saturated heterocycles. The Morgan fingerprint density at radius 2 is 1.79 bits per heavy atom. The van der Waals surface area contributed by atoms with Gasteiger partial charge in [0.25, 0.3) is 12.3 Å². The fourth-order valence-corrected chi connectivity index (χ4v) is 6.74. The third kappa shape index (κ3) is 7.05. The molecule has 0 bridgehead atoms. The quantitative estimate of drug-likeness (QED) is 0.119. The lowest BCUT2D eigenvalue weighted by Gasteiger charge is -2.23. The molecule has 0 aliphatic heterocycles. The summed E-state index contributed by atoms with van der Waals surface area (Å²) in [6, 6.07) is 7.98. The highest BCUT2D eigenvalue weighted by Gasteiger charge is 2.51. The molecule has 0 spiro atoms. The molecule has 1 aliphatic carbocycles. The molecule has 6 rings (SSSR count). The van der Waals surface area contributed by atoms with Crippen LogP contribution in [0.3, 0.4) is 0 Å². The van der Waals surface area contributed by atoms with Gasteiger partial charge < -0.3 is 16.2 Å². The Balaban J connectivity index is 1.51. The summed E-state index contributed by atoms with van der Waals surface area (Å²) < 4.78 is 89.3. The highest BCUT2D eigenvalue weighted by Crippen LogP contribution is 2.48. The van der Waals surface area contributed by atoms with Crippen molar-refractivity contribution in [3.63, 3.8) is 0 Å². The summed E-state index contributed by atoms with van der Waals surface area (Å²) in [5.74, 6) is -2.00. The van der Waals surface area contributed by atoms with Gasteiger partial charge in [0.05, 0.1) is 27.7 Å². The number of alkyl halides is 4. The van der Waals surface area contributed by atoms with Crippen molar-refractivity contribution >= 4 is 34.2 Å². The van der Waals surface area contributed by atoms with Crippen molar-refractivity contribution in [1.82, 2.24) is 29.9 Å². The van der Waals surface area contributed by atoms with Crippen molar-refractivity contribution in [3.8, 4) is 23.0 Å². The summed E-state index contributed by atoms with van der Waals surface area (Å²) in [6.45, 7) is 3.26. The molecule has 16 heteroatoms. The first-order valence-corrected chi connectivity index (χ1v) is 16.4. The van der Waals surface area contributed by atoms with Crippen molar-refractivity contribution in [3.05, 3.63) is 93.0 Å². The van der Waals surface area contributed by atoms with Crippen LogP contribution in [0.2, 0.25) is 5.02 Å². The monoisotopic (exact) mass is 743 g/mol. The van der Waals surface area contributed by atoms with E-state index < -0.39 is 65.4 Å². The number of carbonyl (C=O) groups is 1. The van der Waals surface area contributed by atoms with Gasteiger partial charge in [-0.15, -0.1) is 0 Å². The number of carbonyl (C=O) groups excluding carboxylic acids is 1. The normalized spacial score (nSPS) is 15.8. The lowest BCUT2D eigenvalue weighted by atomic mass is 9.93. The molecule has 0 fully saturated rings. The predicted octanol–water partition coefficient (Wildman–Crippen LogP) is 6.79. The minimum absolute atomic E-state index is 0.0925. The molecule has 1 aliphatic rings. The van der Waals surface area contributed by atoms with Crippen molar-refractivity contribution in [2.75, 3.05) is 5.73 Å². The lowest BCUT2D eigenvalue weighted by Crippen LogP contribution is -2.35. The number of anilines is 1. The van der Waals surface area contributed by atoms with E-state index in [1.54, 1.807) is 31.3 Å². The van der Waals surface area contributed by atoms with Crippen LogP contribution in [0, 0.1) is 29.4 Å². The minimum atomic E-state index is -3.54. The number of nitrogen functional groups attached to an aromatic ring is 1. The number of nitrogens with one attached hydrogen (secondary N) is 1. The smallest absolute Gasteiger partial charge is 0.292 e. The molecule has 0 radical (unpaired) electrons. The van der Waals surface area contributed by atoms with E-state index in [-0.39, 0.29) is 41.2 Å². The Labute approximate surface area is 298 Å². The van der Waals surface area contributed by atoms with E-state index in [0.717, 1.165) is 12.1 Å². The van der Waals surface area contributed by atoms with Gasteiger partial charge in [-0.25, -0.2) is 22.5 Å². The zero-order valence-corrected chi connectivity index (χ0v) is 29.0. The predicted molar refractivity (Wildman–Crippen MR) is 181 cm³/mol. The Morgan fingerprint density at radius 1 is 1.12 bits per heavy atom. The molecule has 0 unspecified atom stereocenters. The summed E-state index contributed by atoms with van der Waals surface area (Å²) in [6.07, 6.45) is -3.79. The first-order valence-electron chi connectivity index (χ1n) is 16.0. The zero-order chi connectivity index (χ0) is 37.9. The summed E-state index contributed by atoms with van der Waals surface area (Å²) >= 11 is 6.49. The van der Waals surface area contributed by atoms with Gasteiger partial charge >= 0.3 is 0 Å². The van der Waals surface area contributed by atoms with Crippen LogP contribution in [-0.2, 0) is 37.2 Å². The fourth-order valence-electron chi connectivity index (χ4n) is 6.49. The van der Waals surface area contributed by atoms with Crippen molar-refractivity contribution < 1.29 is 36.2 Å². The average Bonchev–Trinajstić information content (AvgIpc) is 3.63. The van der Waals surface area contributed by atoms with Crippen LogP contribution in [0.1, 0.15) is 67.1 Å². The Morgan fingerprint density at radius 3 is 2.44 bits per heavy atom. The van der Waals surface area contributed by atoms with E-state index in [4.69, 9.17) is 22.3 Å². The number of aromatic nitrogens is 5. The maximum Gasteiger partial charge on any atom is 0.292 e. The molecule has 1 amide bonds. The number of benzene rings is 2. The lowest BCUT2D eigenvalue weighted by molar-refractivity contribution is -0.123. The van der Waals surface area contributed by atoms with Gasteiger partial charge in [-0.3, -0.25) is 14.2 Å². The second kappa shape index (κ2) is 13.5. The van der Waals surface area contributed by atoms with E-state index in [1.807, 2.05) is 0 Å². The molecular weight excluding hydrogens is 712 g/mol. The maximum absolute atomic E-state index is 15.3. The van der Waals surface area contributed by atoms with E-state index in [1.165, 1.54) is 25.5 Å². The topological polar surface area (TPSA) is 124 Å². The average molecular weight is 744 g/mol. The Bertz CT molecular complexity index is 2270. The minimum Gasteiger partial charge on any atom is -0.382 e. The third-order valence-corrected chi connectivity index (χ3v) is 9.04. The molecule has 3 aromatic heterocycles. The van der Waals surface area contributed by atoms with Gasteiger partial charge in [-0.2, -0.15) is 19.0 Å². The Kier molecular flexibility index (Phi) is 9.52. The number of aryl methyl sites for hydroxylation is 1. The van der Waals surface area contributed by atoms with Crippen molar-refractivity contribution in [2.45, 2.75) is 64.1 Å². The molecule has 2 atom stereocenters. The summed E-state index contributed by atoms with van der Waals surface area (Å²) in [4.78, 5) is 18.5. The highest BCUT2D eigenvalue weighted by atomic mass is 35.5. The third-order valence-electron chi connectivity index (χ3n) is 8.73. The van der Waals surface area contributed by atoms with Crippen LogP contribution in [0.4, 0.5) is 32.2 Å². The molecule has 5 aromatic rings. The number of fused-ring (bicyclic) bond motifs is 2. The van der Waals surface area contributed by atoms with Crippen molar-refractivity contribution in [1.29, 1.82) is 0 Å². The van der Waals surface area contributed by atoms with Gasteiger partial charge in [-0.1, -0.05) is 30.5 Å². The number of amides is 1. The molecule has 4 N–H and O–H groups in total. The highest BCUT2D eigenvalue weighted by molar-refractivity contribution is 6.37. The molecule has 52 heavy (non-hydrogen) atoms. The number of hydrogen-bond donors (Lipinski definition) is 3. The number of pyridine rings is 1. The van der Waals surface area contributed by atoms with Gasteiger partial charge in [-0.05, 0) is 68.5 Å². The van der Waals surface area contributed by atoms with Crippen LogP contribution in [-0.4, -0.2) is 41.2 Å². The molecule has 9 nitrogen and oxygen atoms in total. The van der Waals surface area contributed by atoms with E-state index in [0.29, 0.717) is 37.8 Å². The van der Waals surface area contributed by atoms with Gasteiger partial charge in [0.2, 0.25) is 5.91 Å². The number of rotatable bonds is 8. The molecule has 2 aromatic carbocycles. The van der Waals surface area contributed by atoms with Crippen molar-refractivity contribution in [2.24, 2.45) is 13.0 Å². The van der Waals surface area contributed by atoms with E-state index in [2.05, 4.69) is 27.4 Å². The molecule has 3 heterocycles. The number of nitrogens with zero attached hydrogens (tertiary/aromatic N) is 5. The standard InChI is InChI=1S/C36H32ClF6N7O2/c1-17-11-24-30(33(40)41)47-50(32(24)36(17,42)43)16-27(51)46-26(14-18-12-19(38)15-20(39)13-18)29-22(6-5-21(45-29)9-10-35(2,3)52)23-7-8-25(37)28-31(23)49(4)48-34(28)44/h5-8,12-13,15,17,26,33,52H,11,14,16H2,1-4H3,(H2,44,48)(H,46,51)/t17-,26+/m1/s1. The Hall–Kier alpha value is -5.07. The van der Waals surface area contributed by atoms with Crippen LogP contribution < -0.4 is 11.1 Å². The summed E-state index contributed by atoms with van der Waals surface area (Å²) in [5, 5.41) is 21.7. The SMILES string of the molecule is C[C@@H]1Cc2c(C(F)F)nn(CC(=O)N[C@@H](Cc3cc(F)cc(F)c3)c3nc(C#CC(C)(C)O)ccc3-c3ccc(Cl)c4c(N)nn(C)c34)c2C1(F)F. The first kappa shape index (κ1) is 36.7. The van der Waals surface area contributed by atoms with E-state index in [9.17, 15) is 27.5 Å². The summed E-state index contributed by atoms with van der Waals surface area (Å²) in [5.41, 5.74) is 4.54. The fraction of sp³-hybridized carbons (Fsp3) is 0.333. The molecule has 0 saturated carbocycles. The first-order chi connectivity index (χ1) is 24.3. The summed E-state index contributed by atoms with van der Waals surface area (Å²) in [7, 11) is 1.64. The maximum atomic E-state index is 15.3. The largest absolute Gasteiger partial charge is 0.382 e. The van der Waals surface area contributed by atoms with Gasteiger partial charge in [0.15, 0.2) is 5.82 Å². The number of nitrogens with two attached hydrogens (primary N) is 1. The zero-order valence-electron chi connectivity index (χ0n) is 28.2. The number of hydrogen-bond acceptors (Lipinski definition) is 6. The van der Waals surface area contributed by atoms with Gasteiger partial charge in [0, 0.05) is 35.7 Å². The second-order valence-corrected chi connectivity index (χ2v) is 13.7. The number of halogens is 7. The van der Waals surface area contributed by atoms with E-state index >= 15 is 8.78 Å². The van der Waals surface area contributed by atoms with Crippen LogP contribution in [0.5, 0.6) is 0 Å². The van der Waals surface area contributed by atoms with Crippen LogP contribution >= 0.6 is 11.6 Å².